The van der Waals surface area contributed by atoms with Crippen LogP contribution in [0.2, 0.25) is 0 Å². The summed E-state index contributed by atoms with van der Waals surface area (Å²) < 4.78 is 41.5. The second-order valence-corrected chi connectivity index (χ2v) is 5.39. The Labute approximate surface area is 123 Å². The molecule has 0 spiro atoms. The first-order chi connectivity index (χ1) is 9.26. The lowest BCUT2D eigenvalue weighted by molar-refractivity contribution is -0.274. The number of aryl methyl sites for hydroxylation is 1. The van der Waals surface area contributed by atoms with E-state index < -0.39 is 6.36 Å². The van der Waals surface area contributed by atoms with Crippen molar-refractivity contribution in [3.8, 4) is 16.9 Å². The maximum absolute atomic E-state index is 12.3. The third-order valence-electron chi connectivity index (χ3n) is 3.02. The van der Waals surface area contributed by atoms with E-state index in [1.54, 1.807) is 6.07 Å². The van der Waals surface area contributed by atoms with Gasteiger partial charge >= 0.3 is 6.36 Å². The van der Waals surface area contributed by atoms with Crippen LogP contribution in [0.5, 0.6) is 5.75 Å². The van der Waals surface area contributed by atoms with Gasteiger partial charge in [0.15, 0.2) is 0 Å². The zero-order chi connectivity index (χ0) is 14.9. The highest BCUT2D eigenvalue weighted by Crippen LogP contribution is 2.33. The number of rotatable bonds is 2. The Bertz CT molecular complexity index is 636. The van der Waals surface area contributed by atoms with Gasteiger partial charge in [0.05, 0.1) is 0 Å². The van der Waals surface area contributed by atoms with Crippen LogP contribution in [0.25, 0.3) is 11.1 Å². The van der Waals surface area contributed by atoms with E-state index in [1.165, 1.54) is 12.1 Å². The summed E-state index contributed by atoms with van der Waals surface area (Å²) in [5, 5.41) is 0. The standard InChI is InChI=1S/C15H12BrF3O/c1-9-4-3-5-14(10(9)2)11-6-12(16)8-13(7-11)20-15(17,18)19/h3-8H,1-2H3. The molecule has 0 amide bonds. The van der Waals surface area contributed by atoms with Gasteiger partial charge in [0.25, 0.3) is 0 Å². The molecule has 0 saturated carbocycles. The highest BCUT2D eigenvalue weighted by Gasteiger charge is 2.31. The fourth-order valence-corrected chi connectivity index (χ4v) is 2.45. The first-order valence-electron chi connectivity index (χ1n) is 5.89. The fraction of sp³-hybridized carbons (Fsp3) is 0.200. The van der Waals surface area contributed by atoms with Crippen molar-refractivity contribution in [1.29, 1.82) is 0 Å². The number of alkyl halides is 3. The van der Waals surface area contributed by atoms with E-state index in [0.717, 1.165) is 16.7 Å². The first kappa shape index (κ1) is 14.9. The van der Waals surface area contributed by atoms with E-state index in [2.05, 4.69) is 20.7 Å². The Kier molecular flexibility index (Phi) is 4.09. The normalized spacial score (nSPS) is 11.5. The molecule has 0 radical (unpaired) electrons. The highest BCUT2D eigenvalue weighted by atomic mass is 79.9. The number of hydrogen-bond acceptors (Lipinski definition) is 1. The third-order valence-corrected chi connectivity index (χ3v) is 3.48. The van der Waals surface area contributed by atoms with Gasteiger partial charge < -0.3 is 4.74 Å². The van der Waals surface area contributed by atoms with Crippen LogP contribution < -0.4 is 4.74 Å². The molecule has 0 aliphatic carbocycles. The molecule has 1 nitrogen and oxygen atoms in total. The summed E-state index contributed by atoms with van der Waals surface area (Å²) in [5.41, 5.74) is 3.68. The average molecular weight is 345 g/mol. The molecule has 0 atom stereocenters. The van der Waals surface area contributed by atoms with Gasteiger partial charge in [0.2, 0.25) is 0 Å². The van der Waals surface area contributed by atoms with Gasteiger partial charge in [-0.2, -0.15) is 0 Å². The molecule has 0 saturated heterocycles. The van der Waals surface area contributed by atoms with E-state index in [-0.39, 0.29) is 5.75 Å². The molecule has 106 valence electrons. The number of benzene rings is 2. The quantitative estimate of drug-likeness (QED) is 0.685. The Morgan fingerprint density at radius 1 is 1.05 bits per heavy atom. The van der Waals surface area contributed by atoms with Gasteiger partial charge in [-0.1, -0.05) is 34.1 Å². The number of hydrogen-bond donors (Lipinski definition) is 0. The fourth-order valence-electron chi connectivity index (χ4n) is 1.97. The molecule has 2 rings (SSSR count). The predicted octanol–water partition coefficient (Wildman–Crippen LogP) is 5.63. The lowest BCUT2D eigenvalue weighted by Gasteiger charge is -2.13. The zero-order valence-electron chi connectivity index (χ0n) is 10.9. The maximum Gasteiger partial charge on any atom is 0.573 e. The average Bonchev–Trinajstić information content (AvgIpc) is 2.29. The molecule has 0 aliphatic rings. The van der Waals surface area contributed by atoms with E-state index in [9.17, 15) is 13.2 Å². The van der Waals surface area contributed by atoms with Crippen LogP contribution in [-0.4, -0.2) is 6.36 Å². The SMILES string of the molecule is Cc1cccc(-c2cc(Br)cc(OC(F)(F)F)c2)c1C. The summed E-state index contributed by atoms with van der Waals surface area (Å²) in [6.07, 6.45) is -4.69. The topological polar surface area (TPSA) is 9.23 Å². The number of halogens is 4. The second-order valence-electron chi connectivity index (χ2n) is 4.47. The van der Waals surface area contributed by atoms with E-state index in [1.807, 2.05) is 32.0 Å². The minimum absolute atomic E-state index is 0.234. The Morgan fingerprint density at radius 3 is 2.40 bits per heavy atom. The van der Waals surface area contributed by atoms with Gasteiger partial charge in [-0.3, -0.25) is 0 Å². The van der Waals surface area contributed by atoms with Crippen LogP contribution in [0.15, 0.2) is 40.9 Å². The molecule has 0 bridgehead atoms. The summed E-state index contributed by atoms with van der Waals surface area (Å²) in [6.45, 7) is 3.90. The summed E-state index contributed by atoms with van der Waals surface area (Å²) in [6, 6.07) is 10.2. The lowest BCUT2D eigenvalue weighted by atomic mass is 9.97. The molecule has 2 aromatic rings. The largest absolute Gasteiger partial charge is 0.573 e. The van der Waals surface area contributed by atoms with Gasteiger partial charge in [-0.15, -0.1) is 13.2 Å². The van der Waals surface area contributed by atoms with Crippen LogP contribution in [0.1, 0.15) is 11.1 Å². The van der Waals surface area contributed by atoms with E-state index in [4.69, 9.17) is 0 Å². The number of ether oxygens (including phenoxy) is 1. The molecule has 0 aromatic heterocycles. The first-order valence-corrected chi connectivity index (χ1v) is 6.68. The predicted molar refractivity (Wildman–Crippen MR) is 75.7 cm³/mol. The smallest absolute Gasteiger partial charge is 0.406 e. The zero-order valence-corrected chi connectivity index (χ0v) is 12.5. The summed E-state index contributed by atoms with van der Waals surface area (Å²) >= 11 is 3.21. The highest BCUT2D eigenvalue weighted by molar-refractivity contribution is 9.10. The minimum atomic E-state index is -4.69. The van der Waals surface area contributed by atoms with Crippen molar-refractivity contribution in [1.82, 2.24) is 0 Å². The van der Waals surface area contributed by atoms with Gasteiger partial charge in [0, 0.05) is 4.47 Å². The van der Waals surface area contributed by atoms with Crippen molar-refractivity contribution < 1.29 is 17.9 Å². The molecule has 5 heteroatoms. The molecular weight excluding hydrogens is 333 g/mol. The van der Waals surface area contributed by atoms with Crippen molar-refractivity contribution in [2.75, 3.05) is 0 Å². The monoisotopic (exact) mass is 344 g/mol. The molecule has 0 aliphatic heterocycles. The molecule has 0 unspecified atom stereocenters. The van der Waals surface area contributed by atoms with Crippen molar-refractivity contribution in [2.24, 2.45) is 0 Å². The molecule has 2 aromatic carbocycles. The molecule has 0 heterocycles. The minimum Gasteiger partial charge on any atom is -0.406 e. The molecular formula is C15H12BrF3O. The van der Waals surface area contributed by atoms with Gasteiger partial charge in [-0.25, -0.2) is 0 Å². The Hall–Kier alpha value is -1.49. The second kappa shape index (κ2) is 5.48. The maximum atomic E-state index is 12.3. The van der Waals surface area contributed by atoms with Crippen LogP contribution >= 0.6 is 15.9 Å². The van der Waals surface area contributed by atoms with Crippen molar-refractivity contribution >= 4 is 15.9 Å². The lowest BCUT2D eigenvalue weighted by Crippen LogP contribution is -2.17. The van der Waals surface area contributed by atoms with Crippen LogP contribution in [0.3, 0.4) is 0 Å². The Balaban J connectivity index is 2.50. The van der Waals surface area contributed by atoms with Crippen LogP contribution in [0, 0.1) is 13.8 Å². The summed E-state index contributed by atoms with van der Waals surface area (Å²) in [4.78, 5) is 0. The van der Waals surface area contributed by atoms with Crippen molar-refractivity contribution in [3.05, 3.63) is 52.0 Å². The van der Waals surface area contributed by atoms with Crippen molar-refractivity contribution in [3.63, 3.8) is 0 Å². The molecule has 0 fully saturated rings. The summed E-state index contributed by atoms with van der Waals surface area (Å²) in [5.74, 6) is -0.234. The summed E-state index contributed by atoms with van der Waals surface area (Å²) in [7, 11) is 0. The Morgan fingerprint density at radius 2 is 1.75 bits per heavy atom. The van der Waals surface area contributed by atoms with Crippen LogP contribution in [-0.2, 0) is 0 Å². The van der Waals surface area contributed by atoms with Gasteiger partial charge in [0.1, 0.15) is 5.75 Å². The van der Waals surface area contributed by atoms with Crippen molar-refractivity contribution in [2.45, 2.75) is 20.2 Å². The van der Waals surface area contributed by atoms with E-state index in [0.29, 0.717) is 10.0 Å². The third kappa shape index (κ3) is 3.54. The molecule has 0 N–H and O–H groups in total. The molecule has 20 heavy (non-hydrogen) atoms. The van der Waals surface area contributed by atoms with E-state index >= 15 is 0 Å². The van der Waals surface area contributed by atoms with Crippen LogP contribution in [0.4, 0.5) is 13.2 Å². The van der Waals surface area contributed by atoms with Gasteiger partial charge in [-0.05, 0) is 54.3 Å².